The zero-order chi connectivity index (χ0) is 14.5. The second-order valence-electron chi connectivity index (χ2n) is 4.16. The molecule has 4 nitrogen and oxygen atoms in total. The zero-order valence-corrected chi connectivity index (χ0v) is 11.2. The van der Waals surface area contributed by atoms with Crippen LogP contribution in [0.5, 0.6) is 0 Å². The molecule has 20 heavy (non-hydrogen) atoms. The number of nitrogens with zero attached hydrogens (tertiary/aromatic N) is 1. The summed E-state index contributed by atoms with van der Waals surface area (Å²) >= 11 is 5.79. The molecule has 0 aliphatic heterocycles. The topological polar surface area (TPSA) is 73.1 Å². The van der Waals surface area contributed by atoms with Crippen LogP contribution in [-0.4, -0.2) is 11.1 Å². The largest absolute Gasteiger partial charge is 0.478 e. The summed E-state index contributed by atoms with van der Waals surface area (Å²) in [5.41, 5.74) is 2.08. The van der Waals surface area contributed by atoms with Gasteiger partial charge in [-0.2, -0.15) is 5.26 Å². The molecule has 0 atom stereocenters. The highest BCUT2D eigenvalue weighted by molar-refractivity contribution is 6.31. The molecule has 0 saturated heterocycles. The Balaban J connectivity index is 2.19. The third-order valence-corrected chi connectivity index (χ3v) is 2.99. The quantitative estimate of drug-likeness (QED) is 0.902. The molecule has 2 N–H and O–H groups in total. The normalized spacial score (nSPS) is 9.80. The Morgan fingerprint density at radius 1 is 1.30 bits per heavy atom. The molecule has 0 unspecified atom stereocenters. The summed E-state index contributed by atoms with van der Waals surface area (Å²) in [5, 5.41) is 21.4. The highest BCUT2D eigenvalue weighted by atomic mass is 35.5. The van der Waals surface area contributed by atoms with Gasteiger partial charge in [0.05, 0.1) is 17.2 Å². The van der Waals surface area contributed by atoms with Gasteiger partial charge in [0.15, 0.2) is 0 Å². The summed E-state index contributed by atoms with van der Waals surface area (Å²) in [4.78, 5) is 11.1. The fraction of sp³-hybridized carbons (Fsp3) is 0.0667. The van der Waals surface area contributed by atoms with Crippen LogP contribution in [0.3, 0.4) is 0 Å². The lowest BCUT2D eigenvalue weighted by Gasteiger charge is -2.10. The number of carboxylic acids is 1. The molecule has 0 fully saturated rings. The lowest BCUT2D eigenvalue weighted by Crippen LogP contribution is -2.06. The van der Waals surface area contributed by atoms with Crippen molar-refractivity contribution in [2.45, 2.75) is 6.54 Å². The van der Waals surface area contributed by atoms with Crippen molar-refractivity contribution in [3.63, 3.8) is 0 Å². The van der Waals surface area contributed by atoms with Crippen LogP contribution >= 0.6 is 11.6 Å². The van der Waals surface area contributed by atoms with E-state index in [9.17, 15) is 4.79 Å². The first-order valence-corrected chi connectivity index (χ1v) is 6.23. The predicted molar refractivity (Wildman–Crippen MR) is 76.9 cm³/mol. The molecule has 0 aliphatic rings. The van der Waals surface area contributed by atoms with Crippen molar-refractivity contribution in [2.24, 2.45) is 0 Å². The lowest BCUT2D eigenvalue weighted by molar-refractivity contribution is 0.0698. The summed E-state index contributed by atoms with van der Waals surface area (Å²) in [6.45, 7) is 0.428. The van der Waals surface area contributed by atoms with Gasteiger partial charge in [0.25, 0.3) is 0 Å². The number of benzene rings is 2. The van der Waals surface area contributed by atoms with Gasteiger partial charge in [-0.1, -0.05) is 23.7 Å². The summed E-state index contributed by atoms with van der Waals surface area (Å²) in [6, 6.07) is 13.8. The highest BCUT2D eigenvalue weighted by Crippen LogP contribution is 2.21. The second kappa shape index (κ2) is 6.09. The van der Waals surface area contributed by atoms with E-state index in [0.717, 1.165) is 5.56 Å². The van der Waals surface area contributed by atoms with Crippen LogP contribution in [-0.2, 0) is 6.54 Å². The fourth-order valence-electron chi connectivity index (χ4n) is 1.80. The molecule has 0 radical (unpaired) electrons. The highest BCUT2D eigenvalue weighted by Gasteiger charge is 2.10. The van der Waals surface area contributed by atoms with Crippen LogP contribution in [0, 0.1) is 11.3 Å². The Morgan fingerprint density at radius 2 is 2.10 bits per heavy atom. The van der Waals surface area contributed by atoms with E-state index < -0.39 is 5.97 Å². The standard InChI is InChI=1S/C15H11ClN2O2/c16-12-4-5-14(13(7-12)15(19)20)18-9-11-3-1-2-10(6-11)8-17/h1-7,18H,9H2,(H,19,20). The Morgan fingerprint density at radius 3 is 2.80 bits per heavy atom. The third-order valence-electron chi connectivity index (χ3n) is 2.75. The van der Waals surface area contributed by atoms with Crippen molar-refractivity contribution >= 4 is 23.3 Å². The number of carboxylic acid groups (broad SMARTS) is 1. The Hall–Kier alpha value is -2.51. The molecule has 0 amide bonds. The molecule has 2 aromatic rings. The summed E-state index contributed by atoms with van der Waals surface area (Å²) in [6.07, 6.45) is 0. The number of aromatic carboxylic acids is 1. The number of nitrogens with one attached hydrogen (secondary N) is 1. The molecule has 5 heteroatoms. The minimum atomic E-state index is -1.04. The molecule has 100 valence electrons. The van der Waals surface area contributed by atoms with Gasteiger partial charge in [0.1, 0.15) is 0 Å². The zero-order valence-electron chi connectivity index (χ0n) is 10.4. The summed E-state index contributed by atoms with van der Waals surface area (Å²) in [5.74, 6) is -1.04. The van der Waals surface area contributed by atoms with Gasteiger partial charge >= 0.3 is 5.97 Å². The van der Waals surface area contributed by atoms with Gasteiger partial charge in [-0.3, -0.25) is 0 Å². The van der Waals surface area contributed by atoms with E-state index in [-0.39, 0.29) is 5.56 Å². The van der Waals surface area contributed by atoms with E-state index >= 15 is 0 Å². The Bertz CT molecular complexity index is 693. The van der Waals surface area contributed by atoms with E-state index in [4.69, 9.17) is 22.0 Å². The number of nitriles is 1. The van der Waals surface area contributed by atoms with E-state index in [1.54, 1.807) is 30.3 Å². The average molecular weight is 287 g/mol. The van der Waals surface area contributed by atoms with E-state index in [1.807, 2.05) is 6.07 Å². The molecule has 0 heterocycles. The number of anilines is 1. The van der Waals surface area contributed by atoms with Crippen molar-refractivity contribution in [1.29, 1.82) is 5.26 Å². The Kier molecular flexibility index (Phi) is 4.24. The van der Waals surface area contributed by atoms with Crippen molar-refractivity contribution in [3.8, 4) is 6.07 Å². The van der Waals surface area contributed by atoms with Gasteiger partial charge in [-0.05, 0) is 35.9 Å². The van der Waals surface area contributed by atoms with Crippen LogP contribution in [0.15, 0.2) is 42.5 Å². The van der Waals surface area contributed by atoms with Crippen LogP contribution in [0.4, 0.5) is 5.69 Å². The van der Waals surface area contributed by atoms with Crippen molar-refractivity contribution in [2.75, 3.05) is 5.32 Å². The molecule has 0 bridgehead atoms. The van der Waals surface area contributed by atoms with Gasteiger partial charge in [0.2, 0.25) is 0 Å². The van der Waals surface area contributed by atoms with Crippen LogP contribution in [0.2, 0.25) is 5.02 Å². The number of rotatable bonds is 4. The lowest BCUT2D eigenvalue weighted by atomic mass is 10.1. The summed E-state index contributed by atoms with van der Waals surface area (Å²) in [7, 11) is 0. The molecule has 0 aromatic heterocycles. The van der Waals surface area contributed by atoms with E-state index in [0.29, 0.717) is 22.8 Å². The van der Waals surface area contributed by atoms with Crippen LogP contribution in [0.25, 0.3) is 0 Å². The van der Waals surface area contributed by atoms with E-state index in [2.05, 4.69) is 11.4 Å². The molecule has 0 aliphatic carbocycles. The maximum atomic E-state index is 11.1. The van der Waals surface area contributed by atoms with Gasteiger partial charge in [-0.15, -0.1) is 0 Å². The molecular formula is C15H11ClN2O2. The first-order chi connectivity index (χ1) is 9.60. The predicted octanol–water partition coefficient (Wildman–Crippen LogP) is 3.52. The number of carbonyl (C=O) groups is 1. The van der Waals surface area contributed by atoms with Gasteiger partial charge in [0, 0.05) is 17.3 Å². The minimum absolute atomic E-state index is 0.119. The maximum Gasteiger partial charge on any atom is 0.337 e. The Labute approximate surface area is 121 Å². The van der Waals surface area contributed by atoms with Crippen LogP contribution in [0.1, 0.15) is 21.5 Å². The third kappa shape index (κ3) is 3.28. The van der Waals surface area contributed by atoms with Gasteiger partial charge in [-0.25, -0.2) is 4.79 Å². The summed E-state index contributed by atoms with van der Waals surface area (Å²) < 4.78 is 0. The van der Waals surface area contributed by atoms with Crippen molar-refractivity contribution in [1.82, 2.24) is 0 Å². The molecular weight excluding hydrogens is 276 g/mol. The molecule has 0 saturated carbocycles. The minimum Gasteiger partial charge on any atom is -0.478 e. The van der Waals surface area contributed by atoms with E-state index in [1.165, 1.54) is 6.07 Å². The molecule has 2 rings (SSSR count). The average Bonchev–Trinajstić information content (AvgIpc) is 2.46. The smallest absolute Gasteiger partial charge is 0.337 e. The number of hydrogen-bond donors (Lipinski definition) is 2. The monoisotopic (exact) mass is 286 g/mol. The first kappa shape index (κ1) is 13.9. The molecule has 2 aromatic carbocycles. The first-order valence-electron chi connectivity index (χ1n) is 5.86. The molecule has 0 spiro atoms. The number of hydrogen-bond acceptors (Lipinski definition) is 3. The second-order valence-corrected chi connectivity index (χ2v) is 4.60. The van der Waals surface area contributed by atoms with Gasteiger partial charge < -0.3 is 10.4 Å². The van der Waals surface area contributed by atoms with Crippen molar-refractivity contribution in [3.05, 3.63) is 64.2 Å². The maximum absolute atomic E-state index is 11.1. The fourth-order valence-corrected chi connectivity index (χ4v) is 1.97. The number of halogens is 1. The van der Waals surface area contributed by atoms with Crippen molar-refractivity contribution < 1.29 is 9.90 Å². The SMILES string of the molecule is N#Cc1cccc(CNc2ccc(Cl)cc2C(=O)O)c1. The van der Waals surface area contributed by atoms with Crippen LogP contribution < -0.4 is 5.32 Å².